The van der Waals surface area contributed by atoms with Gasteiger partial charge in [-0.3, -0.25) is 4.90 Å². The second kappa shape index (κ2) is 6.49. The molecule has 0 spiro atoms. The number of hydrogen-bond donors (Lipinski definition) is 0. The average molecular weight is 365 g/mol. The predicted octanol–water partition coefficient (Wildman–Crippen LogP) is 3.29. The summed E-state index contributed by atoms with van der Waals surface area (Å²) in [5.41, 5.74) is 3.46. The first-order valence-corrected chi connectivity index (χ1v) is 9.53. The molecule has 0 N–H and O–H groups in total. The van der Waals surface area contributed by atoms with Crippen molar-refractivity contribution >= 4 is 5.95 Å². The molecule has 0 saturated carbocycles. The maximum absolute atomic E-state index is 5.53. The number of rotatable bonds is 3. The molecule has 0 amide bonds. The van der Waals surface area contributed by atoms with E-state index in [9.17, 15) is 0 Å². The van der Waals surface area contributed by atoms with Gasteiger partial charge in [-0.1, -0.05) is 5.16 Å². The van der Waals surface area contributed by atoms with Crippen molar-refractivity contribution in [3.8, 4) is 22.6 Å². The molecule has 3 aromatic rings. The number of aromatic nitrogens is 3. The van der Waals surface area contributed by atoms with Crippen LogP contribution in [-0.4, -0.2) is 52.2 Å². The second-order valence-electron chi connectivity index (χ2n) is 7.43. The van der Waals surface area contributed by atoms with E-state index in [4.69, 9.17) is 13.9 Å². The monoisotopic (exact) mass is 365 g/mol. The van der Waals surface area contributed by atoms with Crippen molar-refractivity contribution in [2.24, 2.45) is 0 Å². The molecular weight excluding hydrogens is 342 g/mol. The Morgan fingerprint density at radius 3 is 2.85 bits per heavy atom. The zero-order chi connectivity index (χ0) is 18.4. The van der Waals surface area contributed by atoms with Gasteiger partial charge in [0.05, 0.1) is 23.2 Å². The number of nitrogens with zero attached hydrogens (tertiary/aromatic N) is 5. The van der Waals surface area contributed by atoms with Gasteiger partial charge in [0.15, 0.2) is 5.76 Å². The maximum atomic E-state index is 5.53. The molecule has 27 heavy (non-hydrogen) atoms. The van der Waals surface area contributed by atoms with Crippen molar-refractivity contribution in [3.63, 3.8) is 0 Å². The first-order valence-electron chi connectivity index (χ1n) is 9.53. The summed E-state index contributed by atoms with van der Waals surface area (Å²) in [5.74, 6) is 2.28. The molecule has 3 aromatic heterocycles. The van der Waals surface area contributed by atoms with Gasteiger partial charge in [0.25, 0.3) is 0 Å². The lowest BCUT2D eigenvalue weighted by Crippen LogP contribution is -2.50. The highest BCUT2D eigenvalue weighted by molar-refractivity contribution is 5.79. The fourth-order valence-corrected chi connectivity index (χ4v) is 4.20. The number of furan rings is 1. The molecule has 0 aliphatic carbocycles. The van der Waals surface area contributed by atoms with E-state index in [1.54, 1.807) is 6.26 Å². The lowest BCUT2D eigenvalue weighted by molar-refractivity contribution is 0.229. The van der Waals surface area contributed by atoms with E-state index >= 15 is 0 Å². The fourth-order valence-electron chi connectivity index (χ4n) is 4.20. The molecule has 2 aliphatic heterocycles. The Balaban J connectivity index is 1.55. The first kappa shape index (κ1) is 16.5. The van der Waals surface area contributed by atoms with Crippen LogP contribution in [0, 0.1) is 13.8 Å². The highest BCUT2D eigenvalue weighted by Gasteiger charge is 2.32. The van der Waals surface area contributed by atoms with Crippen LogP contribution >= 0.6 is 0 Å². The third-order valence-corrected chi connectivity index (χ3v) is 5.65. The van der Waals surface area contributed by atoms with Crippen molar-refractivity contribution in [1.82, 2.24) is 20.0 Å². The molecular formula is C20H23N5O2. The summed E-state index contributed by atoms with van der Waals surface area (Å²) in [4.78, 5) is 14.5. The van der Waals surface area contributed by atoms with Crippen molar-refractivity contribution in [2.45, 2.75) is 32.7 Å². The van der Waals surface area contributed by atoms with Crippen LogP contribution in [0.5, 0.6) is 0 Å². The molecule has 5 heterocycles. The van der Waals surface area contributed by atoms with Crippen LogP contribution < -0.4 is 4.90 Å². The highest BCUT2D eigenvalue weighted by Crippen LogP contribution is 2.34. The van der Waals surface area contributed by atoms with Crippen molar-refractivity contribution in [3.05, 3.63) is 36.0 Å². The molecule has 7 nitrogen and oxygen atoms in total. The zero-order valence-electron chi connectivity index (χ0n) is 15.7. The Hall–Kier alpha value is -2.67. The Bertz CT molecular complexity index is 963. The van der Waals surface area contributed by atoms with Gasteiger partial charge in [-0.2, -0.15) is 0 Å². The van der Waals surface area contributed by atoms with Gasteiger partial charge in [-0.25, -0.2) is 9.97 Å². The standard InChI is InChI=1S/C20H23N5O2/c1-13-10-18(27-23-13)17-11-21-20(22-19(17)16-5-9-26-14(16)2)25-8-7-24-6-3-4-15(24)12-25/h5,9-11,15H,3-4,6-8,12H2,1-2H3/t15-/m1/s1. The lowest BCUT2D eigenvalue weighted by atomic mass is 10.1. The minimum atomic E-state index is 0.623. The Labute approximate surface area is 158 Å². The van der Waals surface area contributed by atoms with Crippen LogP contribution in [-0.2, 0) is 0 Å². The topological polar surface area (TPSA) is 71.4 Å². The molecule has 5 rings (SSSR count). The van der Waals surface area contributed by atoms with Crippen LogP contribution in [0.2, 0.25) is 0 Å². The summed E-state index contributed by atoms with van der Waals surface area (Å²) in [6, 6.07) is 4.48. The van der Waals surface area contributed by atoms with Crippen molar-refractivity contribution < 1.29 is 8.94 Å². The summed E-state index contributed by atoms with van der Waals surface area (Å²) < 4.78 is 11.0. The van der Waals surface area contributed by atoms with E-state index in [2.05, 4.69) is 19.9 Å². The van der Waals surface area contributed by atoms with Crippen molar-refractivity contribution in [1.29, 1.82) is 0 Å². The third-order valence-electron chi connectivity index (χ3n) is 5.65. The molecule has 2 saturated heterocycles. The smallest absolute Gasteiger partial charge is 0.225 e. The van der Waals surface area contributed by atoms with E-state index in [0.717, 1.165) is 53.9 Å². The minimum absolute atomic E-state index is 0.623. The zero-order valence-corrected chi connectivity index (χ0v) is 15.7. The van der Waals surface area contributed by atoms with Gasteiger partial charge in [0.1, 0.15) is 5.76 Å². The average Bonchev–Trinajstić information content (AvgIpc) is 3.41. The van der Waals surface area contributed by atoms with Crippen molar-refractivity contribution in [2.75, 3.05) is 31.1 Å². The SMILES string of the molecule is Cc1cc(-c2cnc(N3CCN4CCC[C@@H]4C3)nc2-c2ccoc2C)on1. The Morgan fingerprint density at radius 2 is 2.07 bits per heavy atom. The highest BCUT2D eigenvalue weighted by atomic mass is 16.5. The summed E-state index contributed by atoms with van der Waals surface area (Å²) >= 11 is 0. The van der Waals surface area contributed by atoms with E-state index in [1.165, 1.54) is 19.4 Å². The minimum Gasteiger partial charge on any atom is -0.469 e. The summed E-state index contributed by atoms with van der Waals surface area (Å²) in [7, 11) is 0. The number of hydrogen-bond acceptors (Lipinski definition) is 7. The van der Waals surface area contributed by atoms with E-state index in [-0.39, 0.29) is 0 Å². The summed E-state index contributed by atoms with van der Waals surface area (Å²) in [6.45, 7) is 8.11. The maximum Gasteiger partial charge on any atom is 0.225 e. The Morgan fingerprint density at radius 1 is 1.15 bits per heavy atom. The predicted molar refractivity (Wildman–Crippen MR) is 102 cm³/mol. The number of anilines is 1. The van der Waals surface area contributed by atoms with Gasteiger partial charge in [0.2, 0.25) is 5.95 Å². The number of aryl methyl sites for hydroxylation is 2. The second-order valence-corrected chi connectivity index (χ2v) is 7.43. The molecule has 0 bridgehead atoms. The third kappa shape index (κ3) is 2.92. The largest absolute Gasteiger partial charge is 0.469 e. The van der Waals surface area contributed by atoms with E-state index in [0.29, 0.717) is 11.8 Å². The molecule has 2 fully saturated rings. The number of piperazine rings is 1. The molecule has 1 atom stereocenters. The quantitative estimate of drug-likeness (QED) is 0.705. The van der Waals surface area contributed by atoms with Gasteiger partial charge in [-0.05, 0) is 39.3 Å². The molecule has 0 aromatic carbocycles. The Kier molecular flexibility index (Phi) is 3.97. The molecule has 0 unspecified atom stereocenters. The van der Waals surface area contributed by atoms with Crippen LogP contribution in [0.3, 0.4) is 0 Å². The molecule has 0 radical (unpaired) electrons. The molecule has 140 valence electrons. The normalized spacial score (nSPS) is 20.2. The van der Waals surface area contributed by atoms with E-state index < -0.39 is 0 Å². The van der Waals surface area contributed by atoms with Crippen LogP contribution in [0.15, 0.2) is 33.5 Å². The van der Waals surface area contributed by atoms with Crippen LogP contribution in [0.25, 0.3) is 22.6 Å². The fraction of sp³-hybridized carbons (Fsp3) is 0.450. The molecule has 2 aliphatic rings. The first-order chi connectivity index (χ1) is 13.2. The number of fused-ring (bicyclic) bond motifs is 1. The van der Waals surface area contributed by atoms with Gasteiger partial charge < -0.3 is 13.8 Å². The van der Waals surface area contributed by atoms with Gasteiger partial charge >= 0.3 is 0 Å². The lowest BCUT2D eigenvalue weighted by Gasteiger charge is -2.37. The van der Waals surface area contributed by atoms with E-state index in [1.807, 2.05) is 32.2 Å². The van der Waals surface area contributed by atoms with Crippen LogP contribution in [0.4, 0.5) is 5.95 Å². The van der Waals surface area contributed by atoms with Crippen LogP contribution in [0.1, 0.15) is 24.3 Å². The summed E-state index contributed by atoms with van der Waals surface area (Å²) in [5, 5.41) is 4.02. The molecule has 7 heteroatoms. The summed E-state index contributed by atoms with van der Waals surface area (Å²) in [6.07, 6.45) is 6.10. The van der Waals surface area contributed by atoms with Gasteiger partial charge in [-0.15, -0.1) is 0 Å². The van der Waals surface area contributed by atoms with Gasteiger partial charge in [0, 0.05) is 43.5 Å².